The van der Waals surface area contributed by atoms with Crippen LogP contribution < -0.4 is 0 Å². The second-order valence-corrected chi connectivity index (χ2v) is 5.05. The number of rotatable bonds is 2. The minimum atomic E-state index is 0.929. The number of aromatic nitrogens is 4. The van der Waals surface area contributed by atoms with Crippen LogP contribution in [0.2, 0.25) is 0 Å². The molecule has 3 heterocycles. The van der Waals surface area contributed by atoms with Gasteiger partial charge in [0.1, 0.15) is 5.65 Å². The fraction of sp³-hybridized carbons (Fsp3) is 0.267. The van der Waals surface area contributed by atoms with E-state index >= 15 is 0 Å². The average molecular weight is 251 g/mol. The van der Waals surface area contributed by atoms with Gasteiger partial charge in [-0.2, -0.15) is 5.10 Å². The van der Waals surface area contributed by atoms with Gasteiger partial charge in [-0.25, -0.2) is 4.98 Å². The highest BCUT2D eigenvalue weighted by Crippen LogP contribution is 2.31. The van der Waals surface area contributed by atoms with Gasteiger partial charge in [-0.15, -0.1) is 0 Å². The van der Waals surface area contributed by atoms with Crippen molar-refractivity contribution in [2.24, 2.45) is 0 Å². The molecule has 0 bridgehead atoms. The lowest BCUT2D eigenvalue weighted by Gasteiger charge is -2.07. The molecule has 0 atom stereocenters. The van der Waals surface area contributed by atoms with Gasteiger partial charge in [-0.05, 0) is 30.5 Å². The molecule has 1 aliphatic carbocycles. The smallest absolute Gasteiger partial charge is 0.137 e. The zero-order chi connectivity index (χ0) is 12.7. The zero-order valence-corrected chi connectivity index (χ0v) is 10.6. The number of fused-ring (bicyclic) bond motifs is 1. The Morgan fingerprint density at radius 1 is 1.16 bits per heavy atom. The average Bonchev–Trinajstić information content (AvgIpc) is 3.18. The third kappa shape index (κ3) is 1.75. The maximum atomic E-state index is 4.51. The van der Waals surface area contributed by atoms with Gasteiger partial charge >= 0.3 is 0 Å². The summed E-state index contributed by atoms with van der Waals surface area (Å²) in [5.74, 6) is 0. The largest absolute Gasteiger partial charge is 0.346 e. The molecule has 4 nitrogen and oxygen atoms in total. The van der Waals surface area contributed by atoms with Gasteiger partial charge in [0.05, 0.1) is 12.2 Å². The van der Waals surface area contributed by atoms with E-state index in [1.807, 2.05) is 18.6 Å². The summed E-state index contributed by atoms with van der Waals surface area (Å²) >= 11 is 0. The summed E-state index contributed by atoms with van der Waals surface area (Å²) < 4.78 is 2.06. The van der Waals surface area contributed by atoms with Crippen LogP contribution in [0.15, 0.2) is 36.9 Å². The van der Waals surface area contributed by atoms with E-state index in [0.29, 0.717) is 0 Å². The van der Waals surface area contributed by atoms with Crippen LogP contribution in [0.4, 0.5) is 0 Å². The van der Waals surface area contributed by atoms with E-state index in [9.17, 15) is 0 Å². The molecule has 1 N–H and O–H groups in total. The third-order valence-electron chi connectivity index (χ3n) is 3.86. The van der Waals surface area contributed by atoms with Crippen molar-refractivity contribution in [3.63, 3.8) is 0 Å². The van der Waals surface area contributed by atoms with Crippen molar-refractivity contribution in [2.75, 3.05) is 0 Å². The van der Waals surface area contributed by atoms with Crippen LogP contribution in [0.3, 0.4) is 0 Å². The number of pyridine rings is 1. The molecular weight excluding hydrogens is 236 g/mol. The first-order chi connectivity index (χ1) is 9.42. The number of aromatic amines is 1. The molecule has 0 spiro atoms. The van der Waals surface area contributed by atoms with E-state index in [-0.39, 0.29) is 0 Å². The van der Waals surface area contributed by atoms with Crippen molar-refractivity contribution in [1.29, 1.82) is 0 Å². The second-order valence-electron chi connectivity index (χ2n) is 5.05. The van der Waals surface area contributed by atoms with Gasteiger partial charge in [-0.1, -0.05) is 12.8 Å². The predicted molar refractivity (Wildman–Crippen MR) is 74.4 cm³/mol. The van der Waals surface area contributed by atoms with Crippen molar-refractivity contribution in [1.82, 2.24) is 19.7 Å². The number of H-pyrrole nitrogens is 1. The first-order valence-corrected chi connectivity index (χ1v) is 6.74. The number of hydrogen-bond acceptors (Lipinski definition) is 2. The van der Waals surface area contributed by atoms with Crippen LogP contribution in [0.5, 0.6) is 0 Å². The first kappa shape index (κ1) is 10.8. The maximum absolute atomic E-state index is 4.51. The Bertz CT molecular complexity index is 704. The van der Waals surface area contributed by atoms with E-state index in [1.165, 1.54) is 37.3 Å². The van der Waals surface area contributed by atoms with Crippen molar-refractivity contribution in [2.45, 2.75) is 25.7 Å². The molecule has 95 valence electrons. The van der Waals surface area contributed by atoms with Crippen molar-refractivity contribution in [3.05, 3.63) is 43.0 Å². The molecule has 1 fully saturated rings. The maximum Gasteiger partial charge on any atom is 0.137 e. The van der Waals surface area contributed by atoms with E-state index in [0.717, 1.165) is 16.6 Å². The Kier molecular flexibility index (Phi) is 2.40. The van der Waals surface area contributed by atoms with Gasteiger partial charge < -0.3 is 4.98 Å². The molecule has 0 aromatic carbocycles. The van der Waals surface area contributed by atoms with Crippen molar-refractivity contribution >= 4 is 11.0 Å². The molecule has 4 rings (SSSR count). The van der Waals surface area contributed by atoms with Crippen LogP contribution in [0.25, 0.3) is 22.2 Å². The summed E-state index contributed by atoms with van der Waals surface area (Å²) in [5.41, 5.74) is 3.28. The fourth-order valence-corrected chi connectivity index (χ4v) is 2.86. The Balaban J connectivity index is 1.77. The molecule has 19 heavy (non-hydrogen) atoms. The number of nitrogens with one attached hydrogen (secondary N) is 1. The minimum absolute atomic E-state index is 0.929. The number of hydrogen-bond donors (Lipinski definition) is 1. The Labute approximate surface area is 111 Å². The van der Waals surface area contributed by atoms with Gasteiger partial charge in [0.25, 0.3) is 0 Å². The summed E-state index contributed by atoms with van der Waals surface area (Å²) in [6, 6.07) is 5.56. The molecule has 1 saturated carbocycles. The lowest BCUT2D eigenvalue weighted by molar-refractivity contribution is 0.650. The second kappa shape index (κ2) is 4.23. The van der Waals surface area contributed by atoms with Gasteiger partial charge in [0.2, 0.25) is 0 Å². The highest BCUT2D eigenvalue weighted by Gasteiger charge is 2.19. The molecule has 3 aromatic rings. The van der Waals surface area contributed by atoms with Crippen molar-refractivity contribution < 1.29 is 0 Å². The monoisotopic (exact) mass is 251 g/mol. The quantitative estimate of drug-likeness (QED) is 0.759. The molecule has 1 aliphatic rings. The topological polar surface area (TPSA) is 46.5 Å². The normalized spacial score (nSPS) is 16.4. The van der Waals surface area contributed by atoms with Crippen molar-refractivity contribution in [3.8, 4) is 11.1 Å². The van der Waals surface area contributed by atoms with Crippen LogP contribution in [-0.4, -0.2) is 19.7 Å². The van der Waals surface area contributed by atoms with Gasteiger partial charge in [-0.3, -0.25) is 4.68 Å². The lowest BCUT2D eigenvalue weighted by Crippen LogP contribution is -2.05. The summed E-state index contributed by atoms with van der Waals surface area (Å²) in [4.78, 5) is 7.47. The van der Waals surface area contributed by atoms with Gasteiger partial charge in [0, 0.05) is 29.5 Å². The molecule has 1 radical (unpaired) electrons. The highest BCUT2D eigenvalue weighted by atomic mass is 15.3. The molecule has 0 aliphatic heterocycles. The standard InChI is InChI=1S/C15H15N4/c1-2-4-12(3-1)19-10-11(9-18-19)13-5-7-16-15-14(13)6-8-17-15/h5-10H,1-4H2,(H,16,17). The van der Waals surface area contributed by atoms with E-state index in [2.05, 4.69) is 38.1 Å². The zero-order valence-electron chi connectivity index (χ0n) is 10.6. The summed E-state index contributed by atoms with van der Waals surface area (Å²) in [7, 11) is 0. The molecule has 0 amide bonds. The van der Waals surface area contributed by atoms with E-state index in [1.54, 1.807) is 0 Å². The third-order valence-corrected chi connectivity index (χ3v) is 3.86. The van der Waals surface area contributed by atoms with E-state index in [4.69, 9.17) is 0 Å². The highest BCUT2D eigenvalue weighted by molar-refractivity contribution is 5.92. The summed E-state index contributed by atoms with van der Waals surface area (Å²) in [6.07, 6.45) is 12.8. The predicted octanol–water partition coefficient (Wildman–Crippen LogP) is 3.38. The van der Waals surface area contributed by atoms with Crippen LogP contribution >= 0.6 is 0 Å². The van der Waals surface area contributed by atoms with E-state index < -0.39 is 0 Å². The molecule has 3 aromatic heterocycles. The number of nitrogens with zero attached hydrogens (tertiary/aromatic N) is 3. The Morgan fingerprint density at radius 2 is 2.05 bits per heavy atom. The van der Waals surface area contributed by atoms with Crippen LogP contribution in [-0.2, 0) is 0 Å². The Hall–Kier alpha value is -2.10. The molecular formula is C15H15N4. The SMILES string of the molecule is c1cc(-c2cnn([C]3CCCC3)c2)c2cc[nH]c2n1. The first-order valence-electron chi connectivity index (χ1n) is 6.74. The molecule has 4 heteroatoms. The molecule has 0 unspecified atom stereocenters. The van der Waals surface area contributed by atoms with Gasteiger partial charge in [0.15, 0.2) is 0 Å². The summed E-state index contributed by atoms with van der Waals surface area (Å²) in [5, 5.41) is 5.67. The lowest BCUT2D eigenvalue weighted by atomic mass is 10.1. The molecule has 0 saturated heterocycles. The Morgan fingerprint density at radius 3 is 2.95 bits per heavy atom. The van der Waals surface area contributed by atoms with Crippen LogP contribution in [0.1, 0.15) is 25.7 Å². The fourth-order valence-electron chi connectivity index (χ4n) is 2.86. The summed E-state index contributed by atoms with van der Waals surface area (Å²) in [6.45, 7) is 0. The minimum Gasteiger partial charge on any atom is -0.346 e. The van der Waals surface area contributed by atoms with Crippen LogP contribution in [0, 0.1) is 6.04 Å².